The standard InChI is InChI=1S/C8H11N3O4S/c1-5-9-2-6(16-5)3-10-8(14)11-15-4-7(12)13/h2H,3-4H2,1H3,(H,12,13)(H2,10,11,14). The van der Waals surface area contributed by atoms with Gasteiger partial charge in [-0.15, -0.1) is 11.3 Å². The van der Waals surface area contributed by atoms with Gasteiger partial charge in [-0.1, -0.05) is 0 Å². The highest BCUT2D eigenvalue weighted by Gasteiger charge is 2.03. The van der Waals surface area contributed by atoms with E-state index in [0.29, 0.717) is 6.54 Å². The number of carbonyl (C=O) groups is 2. The average molecular weight is 245 g/mol. The molecule has 8 heteroatoms. The summed E-state index contributed by atoms with van der Waals surface area (Å²) in [7, 11) is 0. The highest BCUT2D eigenvalue weighted by atomic mass is 32.1. The number of carboxylic acids is 1. The van der Waals surface area contributed by atoms with Crippen molar-refractivity contribution in [1.82, 2.24) is 15.8 Å². The SMILES string of the molecule is Cc1ncc(CNC(=O)NOCC(=O)O)s1. The molecule has 0 spiro atoms. The second-order valence-corrected chi connectivity index (χ2v) is 4.13. The quantitative estimate of drug-likeness (QED) is 0.646. The third-order valence-electron chi connectivity index (χ3n) is 1.45. The van der Waals surface area contributed by atoms with E-state index in [1.54, 1.807) is 6.20 Å². The van der Waals surface area contributed by atoms with Crippen molar-refractivity contribution in [1.29, 1.82) is 0 Å². The van der Waals surface area contributed by atoms with Crippen LogP contribution in [0.1, 0.15) is 9.88 Å². The van der Waals surface area contributed by atoms with Crippen molar-refractivity contribution in [2.75, 3.05) is 6.61 Å². The Hall–Kier alpha value is -1.67. The number of carboxylic acid groups (broad SMARTS) is 1. The molecule has 0 aromatic carbocycles. The number of aromatic nitrogens is 1. The number of aliphatic carboxylic acids is 1. The second-order valence-electron chi connectivity index (χ2n) is 2.81. The maximum atomic E-state index is 11.0. The molecule has 1 heterocycles. The molecule has 0 atom stereocenters. The third kappa shape index (κ3) is 4.71. The first-order valence-electron chi connectivity index (χ1n) is 4.36. The molecular weight excluding hydrogens is 234 g/mol. The summed E-state index contributed by atoms with van der Waals surface area (Å²) in [5.74, 6) is -1.15. The lowest BCUT2D eigenvalue weighted by Gasteiger charge is -2.04. The lowest BCUT2D eigenvalue weighted by molar-refractivity contribution is -0.144. The Morgan fingerprint density at radius 3 is 2.94 bits per heavy atom. The van der Waals surface area contributed by atoms with Crippen molar-refractivity contribution in [2.45, 2.75) is 13.5 Å². The molecule has 7 nitrogen and oxygen atoms in total. The van der Waals surface area contributed by atoms with E-state index in [2.05, 4.69) is 15.1 Å². The summed E-state index contributed by atoms with van der Waals surface area (Å²) in [6, 6.07) is -0.590. The van der Waals surface area contributed by atoms with Gasteiger partial charge in [-0.3, -0.25) is 4.84 Å². The van der Waals surface area contributed by atoms with Crippen molar-refractivity contribution in [3.05, 3.63) is 16.1 Å². The summed E-state index contributed by atoms with van der Waals surface area (Å²) in [5, 5.41) is 11.6. The molecule has 16 heavy (non-hydrogen) atoms. The first-order chi connectivity index (χ1) is 7.58. The Kier molecular flexibility index (Phi) is 4.67. The molecule has 0 aliphatic carbocycles. The zero-order valence-electron chi connectivity index (χ0n) is 8.52. The van der Waals surface area contributed by atoms with Gasteiger partial charge in [0.1, 0.15) is 0 Å². The summed E-state index contributed by atoms with van der Waals surface area (Å²) in [6.07, 6.45) is 1.67. The summed E-state index contributed by atoms with van der Waals surface area (Å²) in [5.41, 5.74) is 1.94. The zero-order valence-corrected chi connectivity index (χ0v) is 9.34. The van der Waals surface area contributed by atoms with Gasteiger partial charge in [-0.25, -0.2) is 20.1 Å². The molecular formula is C8H11N3O4S. The predicted octanol–water partition coefficient (Wildman–Crippen LogP) is 0.267. The molecule has 0 saturated carbocycles. The van der Waals surface area contributed by atoms with Gasteiger partial charge in [0.15, 0.2) is 6.61 Å². The minimum atomic E-state index is -1.15. The lowest BCUT2D eigenvalue weighted by atomic mass is 10.5. The van der Waals surface area contributed by atoms with Crippen molar-refractivity contribution in [3.63, 3.8) is 0 Å². The summed E-state index contributed by atoms with van der Waals surface area (Å²) in [6.45, 7) is 1.62. The summed E-state index contributed by atoms with van der Waals surface area (Å²) >= 11 is 1.47. The maximum Gasteiger partial charge on any atom is 0.339 e. The minimum Gasteiger partial charge on any atom is -0.479 e. The number of hydroxylamine groups is 1. The van der Waals surface area contributed by atoms with Gasteiger partial charge in [0.2, 0.25) is 0 Å². The van der Waals surface area contributed by atoms with E-state index in [4.69, 9.17) is 5.11 Å². The number of urea groups is 1. The molecule has 0 fully saturated rings. The first kappa shape index (κ1) is 12.4. The molecule has 0 aliphatic heterocycles. The average Bonchev–Trinajstić information content (AvgIpc) is 2.61. The van der Waals surface area contributed by atoms with Gasteiger partial charge in [0.25, 0.3) is 0 Å². The van der Waals surface area contributed by atoms with E-state index < -0.39 is 18.6 Å². The zero-order chi connectivity index (χ0) is 12.0. The van der Waals surface area contributed by atoms with Crippen LogP contribution in [0.4, 0.5) is 4.79 Å². The number of nitrogens with one attached hydrogen (secondary N) is 2. The molecule has 1 aromatic heterocycles. The molecule has 0 saturated heterocycles. The van der Waals surface area contributed by atoms with Crippen molar-refractivity contribution in [3.8, 4) is 0 Å². The fraction of sp³-hybridized carbons (Fsp3) is 0.375. The van der Waals surface area contributed by atoms with Crippen LogP contribution in [0.5, 0.6) is 0 Å². The Morgan fingerprint density at radius 2 is 2.38 bits per heavy atom. The van der Waals surface area contributed by atoms with Crippen LogP contribution in [-0.4, -0.2) is 28.7 Å². The number of amides is 2. The lowest BCUT2D eigenvalue weighted by Crippen LogP contribution is -2.36. The number of nitrogens with zero attached hydrogens (tertiary/aromatic N) is 1. The van der Waals surface area contributed by atoms with Crippen LogP contribution in [0.3, 0.4) is 0 Å². The van der Waals surface area contributed by atoms with Crippen LogP contribution < -0.4 is 10.8 Å². The Labute approximate surface area is 95.4 Å². The van der Waals surface area contributed by atoms with E-state index in [9.17, 15) is 9.59 Å². The molecule has 0 bridgehead atoms. The Morgan fingerprint density at radius 1 is 1.62 bits per heavy atom. The van der Waals surface area contributed by atoms with Gasteiger partial charge in [0, 0.05) is 11.1 Å². The van der Waals surface area contributed by atoms with Crippen LogP contribution in [-0.2, 0) is 16.2 Å². The van der Waals surface area contributed by atoms with E-state index in [-0.39, 0.29) is 0 Å². The van der Waals surface area contributed by atoms with E-state index in [0.717, 1.165) is 9.88 Å². The molecule has 2 amide bonds. The summed E-state index contributed by atoms with van der Waals surface area (Å²) in [4.78, 5) is 30.4. The van der Waals surface area contributed by atoms with Gasteiger partial charge in [-0.05, 0) is 6.92 Å². The maximum absolute atomic E-state index is 11.0. The predicted molar refractivity (Wildman–Crippen MR) is 55.8 cm³/mol. The molecule has 1 aromatic rings. The topological polar surface area (TPSA) is 101 Å². The number of carbonyl (C=O) groups excluding carboxylic acids is 1. The van der Waals surface area contributed by atoms with Crippen molar-refractivity contribution >= 4 is 23.3 Å². The fourth-order valence-electron chi connectivity index (χ4n) is 0.854. The van der Waals surface area contributed by atoms with Gasteiger partial charge < -0.3 is 10.4 Å². The second kappa shape index (κ2) is 6.03. The number of hydrogen-bond acceptors (Lipinski definition) is 5. The molecule has 3 N–H and O–H groups in total. The van der Waals surface area contributed by atoms with E-state index in [1.807, 2.05) is 12.4 Å². The molecule has 0 radical (unpaired) electrons. The molecule has 1 rings (SSSR count). The smallest absolute Gasteiger partial charge is 0.339 e. The molecule has 88 valence electrons. The Bertz CT molecular complexity index is 379. The van der Waals surface area contributed by atoms with Gasteiger partial charge in [-0.2, -0.15) is 0 Å². The van der Waals surface area contributed by atoms with Crippen LogP contribution in [0, 0.1) is 6.92 Å². The summed E-state index contributed by atoms with van der Waals surface area (Å²) < 4.78 is 0. The number of aryl methyl sites for hydroxylation is 1. The highest BCUT2D eigenvalue weighted by Crippen LogP contribution is 2.10. The van der Waals surface area contributed by atoms with E-state index >= 15 is 0 Å². The van der Waals surface area contributed by atoms with Gasteiger partial charge >= 0.3 is 12.0 Å². The van der Waals surface area contributed by atoms with Crippen LogP contribution in [0.15, 0.2) is 6.20 Å². The first-order valence-corrected chi connectivity index (χ1v) is 5.18. The molecule has 0 aliphatic rings. The minimum absolute atomic E-state index is 0.327. The van der Waals surface area contributed by atoms with Crippen LogP contribution in [0.25, 0.3) is 0 Å². The van der Waals surface area contributed by atoms with Gasteiger partial charge in [0.05, 0.1) is 11.6 Å². The normalized spacial score (nSPS) is 9.81. The number of hydrogen-bond donors (Lipinski definition) is 3. The third-order valence-corrected chi connectivity index (χ3v) is 2.37. The number of rotatable bonds is 5. The fourth-order valence-corrected chi connectivity index (χ4v) is 1.59. The molecule has 0 unspecified atom stereocenters. The monoisotopic (exact) mass is 245 g/mol. The largest absolute Gasteiger partial charge is 0.479 e. The van der Waals surface area contributed by atoms with Crippen molar-refractivity contribution in [2.24, 2.45) is 0 Å². The van der Waals surface area contributed by atoms with Crippen molar-refractivity contribution < 1.29 is 19.5 Å². The van der Waals surface area contributed by atoms with Crippen LogP contribution in [0.2, 0.25) is 0 Å². The van der Waals surface area contributed by atoms with E-state index in [1.165, 1.54) is 11.3 Å². The number of thiazole rings is 1. The Balaban J connectivity index is 2.17. The highest BCUT2D eigenvalue weighted by molar-refractivity contribution is 7.11. The van der Waals surface area contributed by atoms with Crippen LogP contribution >= 0.6 is 11.3 Å².